The third-order valence-electron chi connectivity index (χ3n) is 3.57. The smallest absolute Gasteiger partial charge is 0.335 e. The summed E-state index contributed by atoms with van der Waals surface area (Å²) in [5.41, 5.74) is 1.87. The molecular weight excluding hydrogens is 308 g/mol. The number of rotatable bonds is 4. The number of hydrogen-bond acceptors (Lipinski definition) is 5. The second-order valence-electron chi connectivity index (χ2n) is 5.08. The molecule has 0 radical (unpaired) electrons. The van der Waals surface area contributed by atoms with Crippen LogP contribution < -0.4 is 9.47 Å². The van der Waals surface area contributed by atoms with E-state index in [1.54, 1.807) is 25.1 Å². The van der Waals surface area contributed by atoms with Crippen LogP contribution in [-0.4, -0.2) is 11.9 Å². The number of furan rings is 1. The highest BCUT2D eigenvalue weighted by Crippen LogP contribution is 2.36. The number of carbonyl (C=O) groups is 2. The summed E-state index contributed by atoms with van der Waals surface area (Å²) in [6, 6.07) is 8.64. The lowest BCUT2D eigenvalue weighted by Crippen LogP contribution is -2.04. The van der Waals surface area contributed by atoms with E-state index in [-0.39, 0.29) is 0 Å². The summed E-state index contributed by atoms with van der Waals surface area (Å²) in [4.78, 5) is 22.7. The Hall–Kier alpha value is -3.34. The molecule has 0 unspecified atom stereocenters. The lowest BCUT2D eigenvalue weighted by atomic mass is 10.1. The molecule has 0 spiro atoms. The molecule has 3 rings (SSSR count). The zero-order valence-corrected chi connectivity index (χ0v) is 13.0. The summed E-state index contributed by atoms with van der Waals surface area (Å²) in [7, 11) is 0. The van der Waals surface area contributed by atoms with Crippen molar-refractivity contribution in [3.8, 4) is 11.5 Å². The van der Waals surface area contributed by atoms with Crippen molar-refractivity contribution in [2.24, 2.45) is 0 Å². The van der Waals surface area contributed by atoms with Gasteiger partial charge in [-0.15, -0.1) is 0 Å². The molecular formula is C19H14O5. The summed E-state index contributed by atoms with van der Waals surface area (Å²) >= 11 is 0. The summed E-state index contributed by atoms with van der Waals surface area (Å²) in [6.45, 7) is 8.54. The van der Waals surface area contributed by atoms with Gasteiger partial charge in [0.1, 0.15) is 22.7 Å². The summed E-state index contributed by atoms with van der Waals surface area (Å²) in [5, 5.41) is 1.75. The monoisotopic (exact) mass is 322 g/mol. The Morgan fingerprint density at radius 1 is 1.00 bits per heavy atom. The summed E-state index contributed by atoms with van der Waals surface area (Å²) < 4.78 is 16.1. The number of fused-ring (bicyclic) bond motifs is 3. The van der Waals surface area contributed by atoms with Gasteiger partial charge in [-0.25, -0.2) is 9.59 Å². The molecule has 0 bridgehead atoms. The molecule has 0 N–H and O–H groups in total. The molecule has 120 valence electrons. The number of ether oxygens (including phenoxy) is 2. The molecule has 1 aromatic heterocycles. The van der Waals surface area contributed by atoms with Crippen molar-refractivity contribution in [1.29, 1.82) is 0 Å². The molecule has 0 saturated carbocycles. The Kier molecular flexibility index (Phi) is 3.92. The Balaban J connectivity index is 2.10. The van der Waals surface area contributed by atoms with Crippen molar-refractivity contribution in [2.45, 2.75) is 6.92 Å². The third kappa shape index (κ3) is 2.67. The van der Waals surface area contributed by atoms with Gasteiger partial charge in [0, 0.05) is 34.6 Å². The van der Waals surface area contributed by atoms with Gasteiger partial charge in [-0.1, -0.05) is 13.2 Å². The largest absolute Gasteiger partial charge is 0.455 e. The first-order valence-corrected chi connectivity index (χ1v) is 7.18. The first-order chi connectivity index (χ1) is 11.5. The molecule has 0 aliphatic heterocycles. The van der Waals surface area contributed by atoms with Gasteiger partial charge in [0.25, 0.3) is 0 Å². The van der Waals surface area contributed by atoms with Gasteiger partial charge >= 0.3 is 11.9 Å². The Morgan fingerprint density at radius 3 is 2.38 bits per heavy atom. The topological polar surface area (TPSA) is 65.7 Å². The fraction of sp³-hybridized carbons (Fsp3) is 0.0526. The molecule has 2 aromatic carbocycles. The van der Waals surface area contributed by atoms with Gasteiger partial charge in [-0.05, 0) is 31.2 Å². The van der Waals surface area contributed by atoms with Crippen molar-refractivity contribution >= 4 is 33.9 Å². The highest BCUT2D eigenvalue weighted by atomic mass is 16.5. The van der Waals surface area contributed by atoms with E-state index >= 15 is 0 Å². The van der Waals surface area contributed by atoms with E-state index in [1.165, 1.54) is 0 Å². The molecule has 0 aliphatic carbocycles. The van der Waals surface area contributed by atoms with E-state index in [2.05, 4.69) is 13.2 Å². The van der Waals surface area contributed by atoms with E-state index in [0.717, 1.165) is 22.9 Å². The quantitative estimate of drug-likeness (QED) is 0.411. The first-order valence-electron chi connectivity index (χ1n) is 7.18. The average Bonchev–Trinajstić information content (AvgIpc) is 2.95. The van der Waals surface area contributed by atoms with Crippen LogP contribution in [0, 0.1) is 6.92 Å². The zero-order chi connectivity index (χ0) is 17.3. The fourth-order valence-corrected chi connectivity index (χ4v) is 2.42. The van der Waals surface area contributed by atoms with E-state index in [1.807, 2.05) is 12.1 Å². The maximum atomic E-state index is 11.4. The standard InChI is InChI=1S/C19H14O5/c1-4-17(20)22-12-6-7-13-14-8-9-15(23-18(21)5-2)11(3)19(14)24-16(13)10-12/h4-10H,1-2H2,3H3. The predicted octanol–water partition coefficient (Wildman–Crippen LogP) is 4.08. The number of carbonyl (C=O) groups excluding carboxylic acids is 2. The van der Waals surface area contributed by atoms with Crippen LogP contribution >= 0.6 is 0 Å². The van der Waals surface area contributed by atoms with E-state index in [4.69, 9.17) is 13.9 Å². The molecule has 0 amide bonds. The van der Waals surface area contributed by atoms with Crippen LogP contribution in [0.15, 0.2) is 60.1 Å². The maximum Gasteiger partial charge on any atom is 0.335 e. The van der Waals surface area contributed by atoms with Gasteiger partial charge in [-0.3, -0.25) is 0 Å². The van der Waals surface area contributed by atoms with Crippen molar-refractivity contribution < 1.29 is 23.5 Å². The van der Waals surface area contributed by atoms with Crippen LogP contribution in [0.1, 0.15) is 5.56 Å². The van der Waals surface area contributed by atoms with Gasteiger partial charge < -0.3 is 13.9 Å². The van der Waals surface area contributed by atoms with Crippen molar-refractivity contribution in [3.05, 3.63) is 61.2 Å². The molecule has 0 atom stereocenters. The van der Waals surface area contributed by atoms with Crippen LogP contribution in [0.4, 0.5) is 0 Å². The number of hydrogen-bond donors (Lipinski definition) is 0. The number of esters is 2. The fourth-order valence-electron chi connectivity index (χ4n) is 2.42. The minimum absolute atomic E-state index is 0.363. The van der Waals surface area contributed by atoms with E-state index in [9.17, 15) is 9.59 Å². The average molecular weight is 322 g/mol. The van der Waals surface area contributed by atoms with Gasteiger partial charge in [0.2, 0.25) is 0 Å². The molecule has 1 heterocycles. The highest BCUT2D eigenvalue weighted by molar-refractivity contribution is 6.07. The predicted molar refractivity (Wildman–Crippen MR) is 90.1 cm³/mol. The molecule has 24 heavy (non-hydrogen) atoms. The lowest BCUT2D eigenvalue weighted by Gasteiger charge is -2.05. The molecule has 0 fully saturated rings. The lowest BCUT2D eigenvalue weighted by molar-refractivity contribution is -0.129. The summed E-state index contributed by atoms with van der Waals surface area (Å²) in [6.07, 6.45) is 2.19. The van der Waals surface area contributed by atoms with Crippen LogP contribution in [0.25, 0.3) is 21.9 Å². The van der Waals surface area contributed by atoms with E-state index in [0.29, 0.717) is 28.2 Å². The van der Waals surface area contributed by atoms with Gasteiger partial charge in [-0.2, -0.15) is 0 Å². The normalized spacial score (nSPS) is 10.5. The van der Waals surface area contributed by atoms with Crippen LogP contribution in [0.2, 0.25) is 0 Å². The number of benzene rings is 2. The Labute approximate surface area is 137 Å². The zero-order valence-electron chi connectivity index (χ0n) is 13.0. The SMILES string of the molecule is C=CC(=O)Oc1ccc2c(c1)oc1c(C)c(OC(=O)C=C)ccc12. The molecule has 5 heteroatoms. The third-order valence-corrected chi connectivity index (χ3v) is 3.57. The molecule has 0 saturated heterocycles. The molecule has 3 aromatic rings. The van der Waals surface area contributed by atoms with Gasteiger partial charge in [0.05, 0.1) is 0 Å². The summed E-state index contributed by atoms with van der Waals surface area (Å²) in [5.74, 6) is -0.306. The van der Waals surface area contributed by atoms with Crippen molar-refractivity contribution in [2.75, 3.05) is 0 Å². The minimum atomic E-state index is -0.541. The van der Waals surface area contributed by atoms with Crippen LogP contribution in [0.5, 0.6) is 11.5 Å². The Morgan fingerprint density at radius 2 is 1.67 bits per heavy atom. The van der Waals surface area contributed by atoms with E-state index < -0.39 is 11.9 Å². The van der Waals surface area contributed by atoms with Crippen molar-refractivity contribution in [3.63, 3.8) is 0 Å². The second-order valence-corrected chi connectivity index (χ2v) is 5.08. The van der Waals surface area contributed by atoms with Crippen LogP contribution in [0.3, 0.4) is 0 Å². The molecule has 0 aliphatic rings. The van der Waals surface area contributed by atoms with Gasteiger partial charge in [0.15, 0.2) is 0 Å². The maximum absolute atomic E-state index is 11.4. The van der Waals surface area contributed by atoms with Crippen LogP contribution in [-0.2, 0) is 9.59 Å². The highest BCUT2D eigenvalue weighted by Gasteiger charge is 2.15. The Bertz CT molecular complexity index is 994. The minimum Gasteiger partial charge on any atom is -0.455 e. The molecule has 5 nitrogen and oxygen atoms in total. The van der Waals surface area contributed by atoms with Crippen molar-refractivity contribution in [1.82, 2.24) is 0 Å². The first kappa shape index (κ1) is 15.6. The number of aryl methyl sites for hydroxylation is 1. The second kappa shape index (κ2) is 6.04.